The Labute approximate surface area is 157 Å². The third kappa shape index (κ3) is 7.91. The summed E-state index contributed by atoms with van der Waals surface area (Å²) in [6.07, 6.45) is -3.49. The van der Waals surface area contributed by atoms with E-state index >= 15 is 0 Å². The maximum absolute atomic E-state index is 11.9. The zero-order chi connectivity index (χ0) is 20.8. The molecule has 0 aliphatic heterocycles. The lowest BCUT2D eigenvalue weighted by Crippen LogP contribution is -2.38. The first kappa shape index (κ1) is 22.8. The highest BCUT2D eigenvalue weighted by Gasteiger charge is 2.22. The van der Waals surface area contributed by atoms with Crippen LogP contribution < -0.4 is 10.0 Å². The number of benzene rings is 1. The van der Waals surface area contributed by atoms with Crippen molar-refractivity contribution < 1.29 is 38.1 Å². The lowest BCUT2D eigenvalue weighted by molar-refractivity contribution is -0.135. The van der Waals surface area contributed by atoms with E-state index in [4.69, 9.17) is 9.84 Å². The molecular weight excluding hydrogens is 380 g/mol. The largest absolute Gasteiger partial charge is 0.480 e. The van der Waals surface area contributed by atoms with Gasteiger partial charge >= 0.3 is 12.1 Å². The number of hydrogen-bond acceptors (Lipinski definition) is 7. The SMILES string of the molecule is CC(C)(C)OC(=O)NCC(O)C(O)c1ccc(S(=O)(=O)NCC(=O)O)cc1. The summed E-state index contributed by atoms with van der Waals surface area (Å²) in [5, 5.41) is 30.9. The van der Waals surface area contributed by atoms with Crippen LogP contribution >= 0.6 is 0 Å². The minimum Gasteiger partial charge on any atom is -0.480 e. The molecule has 11 heteroatoms. The Morgan fingerprint density at radius 1 is 1.15 bits per heavy atom. The summed E-state index contributed by atoms with van der Waals surface area (Å²) in [4.78, 5) is 21.8. The molecule has 10 nitrogen and oxygen atoms in total. The van der Waals surface area contributed by atoms with Gasteiger partial charge in [0.15, 0.2) is 0 Å². The average Bonchev–Trinajstić information content (AvgIpc) is 2.56. The first-order valence-corrected chi connectivity index (χ1v) is 9.44. The fourth-order valence-corrected chi connectivity index (χ4v) is 2.89. The molecule has 1 rings (SSSR count). The lowest BCUT2D eigenvalue weighted by Gasteiger charge is -2.22. The Kier molecular flexibility index (Phi) is 7.72. The number of hydrogen-bond donors (Lipinski definition) is 5. The molecule has 1 aromatic rings. The van der Waals surface area contributed by atoms with Gasteiger partial charge in [-0.05, 0) is 38.5 Å². The molecule has 0 radical (unpaired) electrons. The molecular formula is C16H24N2O8S. The molecule has 0 spiro atoms. The second kappa shape index (κ2) is 9.13. The van der Waals surface area contributed by atoms with Gasteiger partial charge < -0.3 is 25.4 Å². The zero-order valence-corrected chi connectivity index (χ0v) is 16.0. The molecule has 2 unspecified atom stereocenters. The molecule has 27 heavy (non-hydrogen) atoms. The van der Waals surface area contributed by atoms with Crippen LogP contribution in [0.15, 0.2) is 29.2 Å². The average molecular weight is 404 g/mol. The number of sulfonamides is 1. The van der Waals surface area contributed by atoms with Crippen molar-refractivity contribution >= 4 is 22.1 Å². The Bertz CT molecular complexity index is 756. The number of alkyl carbamates (subject to hydrolysis) is 1. The van der Waals surface area contributed by atoms with E-state index in [1.807, 2.05) is 4.72 Å². The van der Waals surface area contributed by atoms with Gasteiger partial charge in [-0.25, -0.2) is 13.2 Å². The van der Waals surface area contributed by atoms with Crippen LogP contribution in [0.4, 0.5) is 4.79 Å². The fraction of sp³-hybridized carbons (Fsp3) is 0.500. The number of carbonyl (C=O) groups is 2. The van der Waals surface area contributed by atoms with Gasteiger partial charge in [-0.2, -0.15) is 4.72 Å². The number of aliphatic carboxylic acids is 1. The van der Waals surface area contributed by atoms with Gasteiger partial charge in [-0.1, -0.05) is 12.1 Å². The number of ether oxygens (including phenoxy) is 1. The number of carboxylic acids is 1. The summed E-state index contributed by atoms with van der Waals surface area (Å²) in [5.74, 6) is -1.33. The number of aliphatic hydroxyl groups is 2. The van der Waals surface area contributed by atoms with Gasteiger partial charge in [0.2, 0.25) is 10.0 Å². The van der Waals surface area contributed by atoms with Crippen molar-refractivity contribution in [1.82, 2.24) is 10.0 Å². The molecule has 0 aliphatic rings. The number of nitrogens with one attached hydrogen (secondary N) is 2. The van der Waals surface area contributed by atoms with Crippen molar-refractivity contribution in [3.8, 4) is 0 Å². The van der Waals surface area contributed by atoms with Crippen LogP contribution in [-0.4, -0.2) is 60.6 Å². The van der Waals surface area contributed by atoms with E-state index in [-0.39, 0.29) is 17.0 Å². The van der Waals surface area contributed by atoms with Crippen LogP contribution in [0.1, 0.15) is 32.4 Å². The molecule has 0 saturated heterocycles. The summed E-state index contributed by atoms with van der Waals surface area (Å²) in [6, 6.07) is 4.88. The Morgan fingerprint density at radius 3 is 2.19 bits per heavy atom. The summed E-state index contributed by atoms with van der Waals surface area (Å²) in [5.41, 5.74) is -0.491. The molecule has 0 fully saturated rings. The number of carboxylic acid groups (broad SMARTS) is 1. The smallest absolute Gasteiger partial charge is 0.407 e. The van der Waals surface area contributed by atoms with Gasteiger partial charge in [-0.15, -0.1) is 0 Å². The van der Waals surface area contributed by atoms with Gasteiger partial charge in [0.25, 0.3) is 0 Å². The molecule has 0 saturated carbocycles. The van der Waals surface area contributed by atoms with Gasteiger partial charge in [0.1, 0.15) is 24.4 Å². The summed E-state index contributed by atoms with van der Waals surface area (Å²) >= 11 is 0. The maximum atomic E-state index is 11.9. The Hall–Kier alpha value is -2.21. The second-order valence-electron chi connectivity index (χ2n) is 6.68. The second-order valence-corrected chi connectivity index (χ2v) is 8.45. The highest BCUT2D eigenvalue weighted by molar-refractivity contribution is 7.89. The monoisotopic (exact) mass is 404 g/mol. The van der Waals surface area contributed by atoms with Crippen molar-refractivity contribution in [2.75, 3.05) is 13.1 Å². The number of aliphatic hydroxyl groups excluding tert-OH is 2. The molecule has 0 aromatic heterocycles. The Morgan fingerprint density at radius 2 is 1.70 bits per heavy atom. The molecule has 0 bridgehead atoms. The number of amides is 1. The lowest BCUT2D eigenvalue weighted by atomic mass is 10.0. The molecule has 0 heterocycles. The van der Waals surface area contributed by atoms with Crippen LogP contribution in [0, 0.1) is 0 Å². The predicted octanol–water partition coefficient (Wildman–Crippen LogP) is -0.0315. The molecule has 2 atom stereocenters. The first-order valence-electron chi connectivity index (χ1n) is 7.96. The highest BCUT2D eigenvalue weighted by atomic mass is 32.2. The van der Waals surface area contributed by atoms with E-state index in [2.05, 4.69) is 5.32 Å². The Balaban J connectivity index is 2.69. The van der Waals surface area contributed by atoms with Crippen molar-refractivity contribution in [2.45, 2.75) is 43.5 Å². The van der Waals surface area contributed by atoms with E-state index in [0.29, 0.717) is 0 Å². The van der Waals surface area contributed by atoms with E-state index in [1.54, 1.807) is 20.8 Å². The van der Waals surface area contributed by atoms with Crippen LogP contribution in [0.5, 0.6) is 0 Å². The van der Waals surface area contributed by atoms with Crippen molar-refractivity contribution in [2.24, 2.45) is 0 Å². The zero-order valence-electron chi connectivity index (χ0n) is 15.2. The van der Waals surface area contributed by atoms with E-state index in [0.717, 1.165) is 12.1 Å². The van der Waals surface area contributed by atoms with Gasteiger partial charge in [0, 0.05) is 6.54 Å². The van der Waals surface area contributed by atoms with Crippen molar-refractivity contribution in [3.05, 3.63) is 29.8 Å². The number of carbonyl (C=O) groups excluding carboxylic acids is 1. The number of rotatable bonds is 8. The quantitative estimate of drug-likeness (QED) is 0.403. The highest BCUT2D eigenvalue weighted by Crippen LogP contribution is 2.19. The third-order valence-electron chi connectivity index (χ3n) is 3.16. The van der Waals surface area contributed by atoms with Crippen LogP contribution in [0.2, 0.25) is 0 Å². The van der Waals surface area contributed by atoms with Crippen LogP contribution in [0.3, 0.4) is 0 Å². The summed E-state index contributed by atoms with van der Waals surface area (Å²) < 4.78 is 30.7. The fourth-order valence-electron chi connectivity index (χ4n) is 1.92. The molecule has 152 valence electrons. The standard InChI is InChI=1S/C16H24N2O8S/c1-16(2,3)26-15(23)17-8-12(19)14(22)10-4-6-11(7-5-10)27(24,25)18-9-13(20)21/h4-7,12,14,18-19,22H,8-9H2,1-3H3,(H,17,23)(H,20,21). The van der Waals surface area contributed by atoms with Crippen molar-refractivity contribution in [1.29, 1.82) is 0 Å². The predicted molar refractivity (Wildman–Crippen MR) is 94.5 cm³/mol. The maximum Gasteiger partial charge on any atom is 0.407 e. The molecule has 5 N–H and O–H groups in total. The summed E-state index contributed by atoms with van der Waals surface area (Å²) in [6.45, 7) is 3.99. The minimum absolute atomic E-state index is 0.193. The van der Waals surface area contributed by atoms with Crippen LogP contribution in [-0.2, 0) is 19.6 Å². The van der Waals surface area contributed by atoms with Crippen LogP contribution in [0.25, 0.3) is 0 Å². The van der Waals surface area contributed by atoms with Crippen molar-refractivity contribution in [3.63, 3.8) is 0 Å². The molecule has 1 amide bonds. The third-order valence-corrected chi connectivity index (χ3v) is 4.58. The molecule has 1 aromatic carbocycles. The molecule has 0 aliphatic carbocycles. The first-order chi connectivity index (χ1) is 12.3. The van der Waals surface area contributed by atoms with E-state index < -0.39 is 46.4 Å². The normalized spacial score (nSPS) is 14.3. The topological polar surface area (TPSA) is 162 Å². The van der Waals surface area contributed by atoms with Gasteiger partial charge in [0.05, 0.1) is 4.90 Å². The minimum atomic E-state index is -4.01. The van der Waals surface area contributed by atoms with Gasteiger partial charge in [-0.3, -0.25) is 4.79 Å². The van der Waals surface area contributed by atoms with E-state index in [1.165, 1.54) is 12.1 Å². The summed E-state index contributed by atoms with van der Waals surface area (Å²) in [7, 11) is -4.01. The van der Waals surface area contributed by atoms with E-state index in [9.17, 15) is 28.2 Å².